The summed E-state index contributed by atoms with van der Waals surface area (Å²) < 4.78 is 10.3. The van der Waals surface area contributed by atoms with Gasteiger partial charge >= 0.3 is 0 Å². The molecule has 0 amide bonds. The van der Waals surface area contributed by atoms with Gasteiger partial charge in [0.25, 0.3) is 0 Å². The standard InChI is InChI=1S/C12H17Cl2NO2.ClH/c1-3-17-12-10(13)6-9(7-11(12)14)8-15-4-5-16-2;/h6-7,15H,3-5,8H2,1-2H3;1H. The van der Waals surface area contributed by atoms with Crippen LogP contribution in [0.4, 0.5) is 0 Å². The lowest BCUT2D eigenvalue weighted by Gasteiger charge is -2.11. The van der Waals surface area contributed by atoms with E-state index in [1.54, 1.807) is 7.11 Å². The van der Waals surface area contributed by atoms with Crippen LogP contribution in [0.3, 0.4) is 0 Å². The van der Waals surface area contributed by atoms with Gasteiger partial charge in [-0.1, -0.05) is 23.2 Å². The Kier molecular flexibility index (Phi) is 9.60. The molecule has 0 heterocycles. The molecule has 0 aliphatic heterocycles. The van der Waals surface area contributed by atoms with Crippen molar-refractivity contribution in [2.45, 2.75) is 13.5 Å². The van der Waals surface area contributed by atoms with Gasteiger partial charge in [-0.15, -0.1) is 12.4 Å². The highest BCUT2D eigenvalue weighted by Gasteiger charge is 2.08. The Balaban J connectivity index is 0.00000289. The number of hydrogen-bond acceptors (Lipinski definition) is 3. The van der Waals surface area contributed by atoms with Crippen molar-refractivity contribution < 1.29 is 9.47 Å². The highest BCUT2D eigenvalue weighted by molar-refractivity contribution is 6.37. The fourth-order valence-corrected chi connectivity index (χ4v) is 2.04. The maximum absolute atomic E-state index is 6.09. The van der Waals surface area contributed by atoms with Crippen LogP contribution in [0.1, 0.15) is 12.5 Å². The topological polar surface area (TPSA) is 30.5 Å². The second kappa shape index (κ2) is 9.70. The first-order valence-electron chi connectivity index (χ1n) is 5.49. The van der Waals surface area contributed by atoms with Gasteiger partial charge in [0.15, 0.2) is 5.75 Å². The molecule has 1 aromatic carbocycles. The average molecular weight is 315 g/mol. The minimum Gasteiger partial charge on any atom is -0.491 e. The largest absolute Gasteiger partial charge is 0.491 e. The van der Waals surface area contributed by atoms with Crippen LogP contribution in [0.2, 0.25) is 10.0 Å². The molecule has 3 nitrogen and oxygen atoms in total. The molecule has 0 aliphatic rings. The Bertz CT molecular complexity index is 338. The van der Waals surface area contributed by atoms with Gasteiger partial charge in [-0.25, -0.2) is 0 Å². The molecule has 0 atom stereocenters. The molecule has 18 heavy (non-hydrogen) atoms. The summed E-state index contributed by atoms with van der Waals surface area (Å²) >= 11 is 12.2. The van der Waals surface area contributed by atoms with Crippen LogP contribution >= 0.6 is 35.6 Å². The first-order valence-corrected chi connectivity index (χ1v) is 6.25. The fraction of sp³-hybridized carbons (Fsp3) is 0.500. The van der Waals surface area contributed by atoms with Crippen LogP contribution in [-0.2, 0) is 11.3 Å². The van der Waals surface area contributed by atoms with Crippen LogP contribution in [-0.4, -0.2) is 26.9 Å². The monoisotopic (exact) mass is 313 g/mol. The van der Waals surface area contributed by atoms with Crippen molar-refractivity contribution in [2.24, 2.45) is 0 Å². The average Bonchev–Trinajstić information content (AvgIpc) is 2.29. The van der Waals surface area contributed by atoms with E-state index in [1.807, 2.05) is 19.1 Å². The van der Waals surface area contributed by atoms with Crippen molar-refractivity contribution in [3.63, 3.8) is 0 Å². The van der Waals surface area contributed by atoms with Crippen LogP contribution < -0.4 is 10.1 Å². The van der Waals surface area contributed by atoms with Crippen molar-refractivity contribution in [2.75, 3.05) is 26.9 Å². The molecule has 1 aromatic rings. The first kappa shape index (κ1) is 17.8. The van der Waals surface area contributed by atoms with E-state index in [0.29, 0.717) is 35.6 Å². The van der Waals surface area contributed by atoms with E-state index in [0.717, 1.165) is 12.1 Å². The molecule has 0 unspecified atom stereocenters. The third-order valence-corrected chi connectivity index (χ3v) is 2.72. The molecular weight excluding hydrogens is 296 g/mol. The molecule has 1 rings (SSSR count). The number of benzene rings is 1. The van der Waals surface area contributed by atoms with Gasteiger partial charge < -0.3 is 14.8 Å². The third kappa shape index (κ3) is 5.63. The molecule has 0 bridgehead atoms. The number of halogens is 3. The van der Waals surface area contributed by atoms with Gasteiger partial charge in [-0.2, -0.15) is 0 Å². The molecule has 0 fully saturated rings. The Hall–Kier alpha value is -0.190. The molecule has 6 heteroatoms. The zero-order valence-electron chi connectivity index (χ0n) is 10.5. The summed E-state index contributed by atoms with van der Waals surface area (Å²) in [5.41, 5.74) is 1.03. The summed E-state index contributed by atoms with van der Waals surface area (Å²) in [5, 5.41) is 4.31. The quantitative estimate of drug-likeness (QED) is 0.781. The lowest BCUT2D eigenvalue weighted by molar-refractivity contribution is 0.199. The highest BCUT2D eigenvalue weighted by Crippen LogP contribution is 2.34. The number of methoxy groups -OCH3 is 1. The van der Waals surface area contributed by atoms with Crippen LogP contribution in [0.15, 0.2) is 12.1 Å². The molecule has 0 saturated heterocycles. The van der Waals surface area contributed by atoms with Crippen LogP contribution in [0.25, 0.3) is 0 Å². The molecule has 104 valence electrons. The van der Waals surface area contributed by atoms with Gasteiger partial charge in [-0.05, 0) is 24.6 Å². The summed E-state index contributed by atoms with van der Waals surface area (Å²) in [5.74, 6) is 0.552. The summed E-state index contributed by atoms with van der Waals surface area (Å²) in [6.45, 7) is 4.62. The molecule has 0 spiro atoms. The first-order chi connectivity index (χ1) is 8.19. The summed E-state index contributed by atoms with van der Waals surface area (Å²) in [6, 6.07) is 3.72. The highest BCUT2D eigenvalue weighted by atomic mass is 35.5. The Labute approximate surface area is 124 Å². The van der Waals surface area contributed by atoms with Crippen molar-refractivity contribution >= 4 is 35.6 Å². The van der Waals surface area contributed by atoms with Gasteiger partial charge in [0.05, 0.1) is 23.3 Å². The summed E-state index contributed by atoms with van der Waals surface area (Å²) in [6.07, 6.45) is 0. The molecular formula is C12H18Cl3NO2. The van der Waals surface area contributed by atoms with E-state index in [9.17, 15) is 0 Å². The van der Waals surface area contributed by atoms with Gasteiger partial charge in [0.1, 0.15) is 0 Å². The minimum atomic E-state index is 0. The Morgan fingerprint density at radius 3 is 2.33 bits per heavy atom. The number of nitrogens with one attached hydrogen (secondary N) is 1. The Morgan fingerprint density at radius 1 is 1.22 bits per heavy atom. The maximum Gasteiger partial charge on any atom is 0.156 e. The lowest BCUT2D eigenvalue weighted by Crippen LogP contribution is -2.18. The maximum atomic E-state index is 6.09. The lowest BCUT2D eigenvalue weighted by atomic mass is 10.2. The molecule has 0 saturated carbocycles. The fourth-order valence-electron chi connectivity index (χ4n) is 1.40. The minimum absolute atomic E-state index is 0. The van der Waals surface area contributed by atoms with E-state index in [1.165, 1.54) is 0 Å². The van der Waals surface area contributed by atoms with Crippen LogP contribution in [0, 0.1) is 0 Å². The molecule has 0 aliphatic carbocycles. The van der Waals surface area contributed by atoms with E-state index in [2.05, 4.69) is 5.32 Å². The Morgan fingerprint density at radius 2 is 1.83 bits per heavy atom. The zero-order valence-corrected chi connectivity index (χ0v) is 12.8. The third-order valence-electron chi connectivity index (χ3n) is 2.16. The normalized spacial score (nSPS) is 10.0. The van der Waals surface area contributed by atoms with Gasteiger partial charge in [0.2, 0.25) is 0 Å². The SMILES string of the molecule is CCOc1c(Cl)cc(CNCCOC)cc1Cl.Cl. The predicted molar refractivity (Wildman–Crippen MR) is 78.5 cm³/mol. The van der Waals surface area contributed by atoms with Gasteiger partial charge in [-0.3, -0.25) is 0 Å². The summed E-state index contributed by atoms with van der Waals surface area (Å²) in [4.78, 5) is 0. The van der Waals surface area contributed by atoms with E-state index < -0.39 is 0 Å². The van der Waals surface area contributed by atoms with Crippen molar-refractivity contribution in [1.82, 2.24) is 5.32 Å². The van der Waals surface area contributed by atoms with Gasteiger partial charge in [0, 0.05) is 20.2 Å². The second-order valence-corrected chi connectivity index (χ2v) is 4.31. The smallest absolute Gasteiger partial charge is 0.156 e. The number of ether oxygens (including phenoxy) is 2. The van der Waals surface area contributed by atoms with Crippen molar-refractivity contribution in [1.29, 1.82) is 0 Å². The van der Waals surface area contributed by atoms with E-state index >= 15 is 0 Å². The summed E-state index contributed by atoms with van der Waals surface area (Å²) in [7, 11) is 1.67. The molecule has 0 radical (unpaired) electrons. The molecule has 1 N–H and O–H groups in total. The van der Waals surface area contributed by atoms with E-state index in [-0.39, 0.29) is 12.4 Å². The van der Waals surface area contributed by atoms with Crippen LogP contribution in [0.5, 0.6) is 5.75 Å². The zero-order chi connectivity index (χ0) is 12.7. The molecule has 0 aromatic heterocycles. The van der Waals surface area contributed by atoms with E-state index in [4.69, 9.17) is 32.7 Å². The predicted octanol–water partition coefficient (Wildman–Crippen LogP) is 3.55. The number of hydrogen-bond donors (Lipinski definition) is 1. The second-order valence-electron chi connectivity index (χ2n) is 3.49. The van der Waals surface area contributed by atoms with Crippen molar-refractivity contribution in [3.8, 4) is 5.75 Å². The van der Waals surface area contributed by atoms with Crippen molar-refractivity contribution in [3.05, 3.63) is 27.7 Å². The number of rotatable bonds is 7.